The standard InChI is InChI=1S/C25H32N6O/c1-6-20-14-17(2)21(18(3)30(20)5)11-13-32-22-8-7-12-27-25(22)19-9-10-23-28-29-24(15-26-4)31(23)16-19/h7-10,12,14,16,20,26H,6,11,13,15H2,1-5H3/p+1. The number of fused-ring (bicyclic) bond motifs is 1. The number of likely N-dealkylation sites (N-methyl/N-ethyl adjacent to an activating group) is 1. The third-order valence-corrected chi connectivity index (χ3v) is 6.32. The molecule has 168 valence electrons. The molecule has 1 atom stereocenters. The molecular formula is C25H33N6O+. The molecule has 0 radical (unpaired) electrons. The van der Waals surface area contributed by atoms with E-state index in [1.165, 1.54) is 16.8 Å². The number of nitrogens with zero attached hydrogens (tertiary/aromatic N) is 4. The summed E-state index contributed by atoms with van der Waals surface area (Å²) < 4.78 is 8.31. The van der Waals surface area contributed by atoms with Gasteiger partial charge in [0.05, 0.1) is 19.3 Å². The van der Waals surface area contributed by atoms with E-state index in [0.29, 0.717) is 19.2 Å². The van der Waals surface area contributed by atoms with Gasteiger partial charge in [0.2, 0.25) is 0 Å². The number of hydrogen-bond acceptors (Lipinski definition) is 5. The van der Waals surface area contributed by atoms with E-state index in [9.17, 15) is 0 Å². The molecule has 7 nitrogen and oxygen atoms in total. The number of nitrogens with one attached hydrogen (secondary N) is 2. The van der Waals surface area contributed by atoms with Gasteiger partial charge in [0.15, 0.2) is 0 Å². The van der Waals surface area contributed by atoms with Crippen LogP contribution >= 0.6 is 0 Å². The lowest BCUT2D eigenvalue weighted by molar-refractivity contribution is -0.521. The number of rotatable bonds is 8. The molecule has 0 bridgehead atoms. The van der Waals surface area contributed by atoms with Gasteiger partial charge in [-0.25, -0.2) is 0 Å². The van der Waals surface area contributed by atoms with Gasteiger partial charge in [-0.1, -0.05) is 13.0 Å². The van der Waals surface area contributed by atoms with Gasteiger partial charge in [-0.2, -0.15) is 4.40 Å². The highest BCUT2D eigenvalue weighted by Gasteiger charge is 2.21. The quantitative estimate of drug-likeness (QED) is 0.531. The van der Waals surface area contributed by atoms with Gasteiger partial charge < -0.3 is 15.0 Å². The molecule has 3 aromatic heterocycles. The topological polar surface area (TPSA) is 70.2 Å². The molecule has 0 aromatic carbocycles. The molecule has 0 amide bonds. The number of pyridine rings is 2. The highest BCUT2D eigenvalue weighted by atomic mass is 16.5. The average molecular weight is 434 g/mol. The van der Waals surface area contributed by atoms with Gasteiger partial charge in [-0.15, -0.1) is 5.10 Å². The van der Waals surface area contributed by atoms with E-state index in [-0.39, 0.29) is 0 Å². The van der Waals surface area contributed by atoms with Crippen LogP contribution in [0.15, 0.2) is 59.6 Å². The summed E-state index contributed by atoms with van der Waals surface area (Å²) in [6, 6.07) is 8.42. The largest absolute Gasteiger partial charge is 0.491 e. The first-order valence-corrected chi connectivity index (χ1v) is 11.3. The first kappa shape index (κ1) is 22.0. The van der Waals surface area contributed by atoms with Crippen molar-refractivity contribution >= 4 is 5.65 Å². The van der Waals surface area contributed by atoms with E-state index in [1.54, 1.807) is 0 Å². The van der Waals surface area contributed by atoms with Crippen LogP contribution in [0.25, 0.3) is 16.9 Å². The maximum Gasteiger partial charge on any atom is 0.306 e. The Morgan fingerprint density at radius 3 is 2.88 bits per heavy atom. The molecule has 2 N–H and O–H groups in total. The van der Waals surface area contributed by atoms with E-state index in [1.807, 2.05) is 37.5 Å². The van der Waals surface area contributed by atoms with Gasteiger partial charge in [-0.3, -0.25) is 4.98 Å². The van der Waals surface area contributed by atoms with Crippen LogP contribution in [0.2, 0.25) is 0 Å². The fraction of sp³-hybridized carbons (Fsp3) is 0.400. The second kappa shape index (κ2) is 9.53. The van der Waals surface area contributed by atoms with Crippen LogP contribution in [0.3, 0.4) is 0 Å². The Kier molecular flexibility index (Phi) is 6.55. The van der Waals surface area contributed by atoms with Crippen molar-refractivity contribution in [1.29, 1.82) is 0 Å². The minimum atomic E-state index is 0.479. The SMILES string of the molecule is CCC1C=C(C)C(CCOc2cccnc2-c2ccc3n[nH]c(CNC)[n+]3c2)=C(C)N1C. The van der Waals surface area contributed by atoms with Crippen molar-refractivity contribution in [3.8, 4) is 17.0 Å². The molecule has 1 aliphatic heterocycles. The van der Waals surface area contributed by atoms with Gasteiger partial charge in [-0.05, 0) is 56.7 Å². The third kappa shape index (κ3) is 4.25. The van der Waals surface area contributed by atoms with Crippen LogP contribution in [-0.2, 0) is 6.54 Å². The van der Waals surface area contributed by atoms with Crippen LogP contribution in [0.1, 0.15) is 39.4 Å². The van der Waals surface area contributed by atoms with Crippen LogP contribution in [-0.4, -0.2) is 46.8 Å². The summed E-state index contributed by atoms with van der Waals surface area (Å²) in [6.07, 6.45) is 8.22. The molecule has 0 fully saturated rings. The summed E-state index contributed by atoms with van der Waals surface area (Å²) in [5.41, 5.74) is 6.77. The number of aromatic nitrogens is 4. The average Bonchev–Trinajstić information content (AvgIpc) is 3.21. The van der Waals surface area contributed by atoms with Crippen molar-refractivity contribution in [2.24, 2.45) is 0 Å². The van der Waals surface area contributed by atoms with Crippen molar-refractivity contribution in [2.75, 3.05) is 20.7 Å². The number of aromatic amines is 1. The number of allylic oxidation sites excluding steroid dienone is 2. The summed E-state index contributed by atoms with van der Waals surface area (Å²) in [7, 11) is 4.10. The molecule has 0 saturated carbocycles. The smallest absolute Gasteiger partial charge is 0.306 e. The van der Waals surface area contributed by atoms with Crippen LogP contribution < -0.4 is 14.5 Å². The van der Waals surface area contributed by atoms with E-state index >= 15 is 0 Å². The van der Waals surface area contributed by atoms with E-state index in [2.05, 4.69) is 69.9 Å². The first-order valence-electron chi connectivity index (χ1n) is 11.3. The molecule has 4 rings (SSSR count). The minimum Gasteiger partial charge on any atom is -0.491 e. The Hall–Kier alpha value is -3.19. The van der Waals surface area contributed by atoms with E-state index in [0.717, 1.165) is 41.3 Å². The van der Waals surface area contributed by atoms with Crippen molar-refractivity contribution in [2.45, 2.75) is 46.2 Å². The maximum atomic E-state index is 6.26. The third-order valence-electron chi connectivity index (χ3n) is 6.32. The van der Waals surface area contributed by atoms with Gasteiger partial charge in [0.25, 0.3) is 5.82 Å². The zero-order valence-corrected chi connectivity index (χ0v) is 19.6. The Morgan fingerprint density at radius 2 is 2.09 bits per heavy atom. The zero-order chi connectivity index (χ0) is 22.7. The summed E-state index contributed by atoms with van der Waals surface area (Å²) in [5, 5.41) is 10.6. The lowest BCUT2D eigenvalue weighted by Crippen LogP contribution is -2.32. The molecule has 4 heterocycles. The van der Waals surface area contributed by atoms with Crippen molar-refractivity contribution in [1.82, 2.24) is 25.4 Å². The Bertz CT molecular complexity index is 1160. The Balaban J connectivity index is 1.54. The first-order chi connectivity index (χ1) is 15.5. The predicted octanol–water partition coefficient (Wildman–Crippen LogP) is 3.64. The molecule has 0 spiro atoms. The fourth-order valence-electron chi connectivity index (χ4n) is 4.41. The van der Waals surface area contributed by atoms with Gasteiger partial charge in [0, 0.05) is 48.1 Å². The fourth-order valence-corrected chi connectivity index (χ4v) is 4.41. The number of H-pyrrole nitrogens is 1. The number of hydrogen-bond donors (Lipinski definition) is 2. The lowest BCUT2D eigenvalue weighted by atomic mass is 9.94. The molecule has 7 heteroatoms. The summed E-state index contributed by atoms with van der Waals surface area (Å²) in [5.74, 6) is 1.78. The normalized spacial score (nSPS) is 16.6. The van der Waals surface area contributed by atoms with Crippen molar-refractivity contribution in [3.63, 3.8) is 0 Å². The molecule has 1 unspecified atom stereocenters. The van der Waals surface area contributed by atoms with Gasteiger partial charge in [0.1, 0.15) is 11.4 Å². The summed E-state index contributed by atoms with van der Waals surface area (Å²) in [4.78, 5) is 7.00. The Morgan fingerprint density at radius 1 is 1.25 bits per heavy atom. The molecule has 32 heavy (non-hydrogen) atoms. The van der Waals surface area contributed by atoms with Crippen molar-refractivity contribution in [3.05, 3.63) is 65.4 Å². The molecule has 0 aliphatic carbocycles. The highest BCUT2D eigenvalue weighted by molar-refractivity contribution is 5.65. The summed E-state index contributed by atoms with van der Waals surface area (Å²) >= 11 is 0. The molecule has 1 aliphatic rings. The predicted molar refractivity (Wildman–Crippen MR) is 126 cm³/mol. The second-order valence-corrected chi connectivity index (χ2v) is 8.30. The van der Waals surface area contributed by atoms with Crippen LogP contribution in [0.5, 0.6) is 5.75 Å². The van der Waals surface area contributed by atoms with Crippen LogP contribution in [0, 0.1) is 0 Å². The maximum absolute atomic E-state index is 6.26. The lowest BCUT2D eigenvalue weighted by Gasteiger charge is -2.34. The van der Waals surface area contributed by atoms with Crippen molar-refractivity contribution < 1.29 is 9.14 Å². The molecular weight excluding hydrogens is 400 g/mol. The molecule has 0 saturated heterocycles. The minimum absolute atomic E-state index is 0.479. The highest BCUT2D eigenvalue weighted by Crippen LogP contribution is 2.30. The second-order valence-electron chi connectivity index (χ2n) is 8.30. The van der Waals surface area contributed by atoms with E-state index < -0.39 is 0 Å². The summed E-state index contributed by atoms with van der Waals surface area (Å²) in [6.45, 7) is 7.96. The monoisotopic (exact) mass is 433 g/mol. The number of ether oxygens (including phenoxy) is 1. The van der Waals surface area contributed by atoms with Crippen LogP contribution in [0.4, 0.5) is 0 Å². The molecule has 3 aromatic rings. The Labute approximate surface area is 189 Å². The van der Waals surface area contributed by atoms with E-state index in [4.69, 9.17) is 4.74 Å². The zero-order valence-electron chi connectivity index (χ0n) is 19.6. The van der Waals surface area contributed by atoms with Gasteiger partial charge >= 0.3 is 5.65 Å².